The molecule has 1 aliphatic heterocycles. The fourth-order valence-electron chi connectivity index (χ4n) is 4.62. The van der Waals surface area contributed by atoms with Crippen molar-refractivity contribution in [1.29, 1.82) is 0 Å². The molecule has 0 radical (unpaired) electrons. The minimum absolute atomic E-state index is 0.0857. The molecule has 2 heterocycles. The molecule has 2 fully saturated rings. The first kappa shape index (κ1) is 17.5. The number of carbonyl (C=O) groups is 1. The molecule has 1 spiro atoms. The van der Waals surface area contributed by atoms with Crippen molar-refractivity contribution in [2.45, 2.75) is 77.3 Å². The van der Waals surface area contributed by atoms with Crippen LogP contribution in [0.3, 0.4) is 0 Å². The van der Waals surface area contributed by atoms with Crippen molar-refractivity contribution in [2.75, 3.05) is 20.1 Å². The highest BCUT2D eigenvalue weighted by molar-refractivity contribution is 5.80. The molecule has 0 aromatic carbocycles. The molecule has 24 heavy (non-hydrogen) atoms. The second-order valence-electron chi connectivity index (χ2n) is 7.70. The number of nitrogens with zero attached hydrogens (tertiary/aromatic N) is 3. The van der Waals surface area contributed by atoms with Gasteiger partial charge in [0.1, 0.15) is 5.76 Å². The summed E-state index contributed by atoms with van der Waals surface area (Å²) < 4.78 is 5.24. The van der Waals surface area contributed by atoms with Crippen LogP contribution in [0.15, 0.2) is 4.52 Å². The van der Waals surface area contributed by atoms with Crippen LogP contribution in [-0.4, -0.2) is 52.6 Å². The van der Waals surface area contributed by atoms with Crippen LogP contribution in [0, 0.1) is 13.8 Å². The molecule has 1 aliphatic carbocycles. The number of hydrogen-bond acceptors (Lipinski definition) is 4. The van der Waals surface area contributed by atoms with Crippen LogP contribution < -0.4 is 0 Å². The Morgan fingerprint density at radius 2 is 2.04 bits per heavy atom. The lowest BCUT2D eigenvalue weighted by molar-refractivity contribution is -0.135. The maximum Gasteiger partial charge on any atom is 0.227 e. The number of likely N-dealkylation sites (tertiary alicyclic amines) is 1. The quantitative estimate of drug-likeness (QED) is 0.849. The highest BCUT2D eigenvalue weighted by Gasteiger charge is 2.48. The van der Waals surface area contributed by atoms with Crippen LogP contribution in [-0.2, 0) is 11.2 Å². The third-order valence-corrected chi connectivity index (χ3v) is 6.30. The van der Waals surface area contributed by atoms with Gasteiger partial charge in [0.25, 0.3) is 0 Å². The summed E-state index contributed by atoms with van der Waals surface area (Å²) in [6.45, 7) is 7.92. The second-order valence-corrected chi connectivity index (χ2v) is 7.70. The van der Waals surface area contributed by atoms with Crippen molar-refractivity contribution in [3.63, 3.8) is 0 Å². The standard InChI is InChI=1S/C19H31N3O2/c1-5-21(4)16-12-19(9-7-6-8-10-19)22(13-16)18(23)11-17-14(2)20-24-15(17)3/h16H,5-13H2,1-4H3. The molecule has 1 aromatic rings. The first-order valence-corrected chi connectivity index (χ1v) is 9.39. The van der Waals surface area contributed by atoms with Gasteiger partial charge in [0.2, 0.25) is 5.91 Å². The molecular weight excluding hydrogens is 302 g/mol. The van der Waals surface area contributed by atoms with Gasteiger partial charge in [0.05, 0.1) is 12.1 Å². The predicted octanol–water partition coefficient (Wildman–Crippen LogP) is 3.09. The van der Waals surface area contributed by atoms with Gasteiger partial charge in [-0.25, -0.2) is 0 Å². The maximum absolute atomic E-state index is 13.2. The minimum Gasteiger partial charge on any atom is -0.361 e. The highest BCUT2D eigenvalue weighted by atomic mass is 16.5. The summed E-state index contributed by atoms with van der Waals surface area (Å²) in [5, 5.41) is 4.00. The van der Waals surface area contributed by atoms with E-state index in [0.717, 1.165) is 49.4 Å². The molecular formula is C19H31N3O2. The zero-order valence-corrected chi connectivity index (χ0v) is 15.6. The van der Waals surface area contributed by atoms with E-state index in [0.29, 0.717) is 12.5 Å². The molecule has 1 saturated carbocycles. The van der Waals surface area contributed by atoms with Gasteiger partial charge in [-0.05, 0) is 46.7 Å². The van der Waals surface area contributed by atoms with Crippen LogP contribution in [0.25, 0.3) is 0 Å². The summed E-state index contributed by atoms with van der Waals surface area (Å²) in [4.78, 5) is 17.8. The topological polar surface area (TPSA) is 49.6 Å². The van der Waals surface area contributed by atoms with Crippen molar-refractivity contribution in [3.05, 3.63) is 17.0 Å². The van der Waals surface area contributed by atoms with Gasteiger partial charge in [0, 0.05) is 23.7 Å². The van der Waals surface area contributed by atoms with E-state index in [4.69, 9.17) is 4.52 Å². The summed E-state index contributed by atoms with van der Waals surface area (Å²) in [5.41, 5.74) is 1.90. The van der Waals surface area contributed by atoms with E-state index in [1.54, 1.807) is 0 Å². The van der Waals surface area contributed by atoms with Crippen LogP contribution in [0.4, 0.5) is 0 Å². The Hall–Kier alpha value is -1.36. The summed E-state index contributed by atoms with van der Waals surface area (Å²) in [6, 6.07) is 0.488. The molecule has 5 heteroatoms. The average Bonchev–Trinajstić information content (AvgIpc) is 3.10. The number of rotatable bonds is 4. The zero-order valence-electron chi connectivity index (χ0n) is 15.6. The third kappa shape index (κ3) is 3.10. The largest absolute Gasteiger partial charge is 0.361 e. The first-order chi connectivity index (χ1) is 11.5. The number of hydrogen-bond donors (Lipinski definition) is 0. The Morgan fingerprint density at radius 1 is 1.33 bits per heavy atom. The van der Waals surface area contributed by atoms with E-state index < -0.39 is 0 Å². The molecule has 1 amide bonds. The smallest absolute Gasteiger partial charge is 0.227 e. The molecule has 1 atom stereocenters. The van der Waals surface area contributed by atoms with Crippen molar-refractivity contribution in [3.8, 4) is 0 Å². The molecule has 134 valence electrons. The number of aryl methyl sites for hydroxylation is 2. The number of aromatic nitrogens is 1. The third-order valence-electron chi connectivity index (χ3n) is 6.30. The highest BCUT2D eigenvalue weighted by Crippen LogP contribution is 2.43. The number of amides is 1. The van der Waals surface area contributed by atoms with E-state index in [1.807, 2.05) is 13.8 Å². The van der Waals surface area contributed by atoms with Gasteiger partial charge < -0.3 is 14.3 Å². The summed E-state index contributed by atoms with van der Waals surface area (Å²) >= 11 is 0. The summed E-state index contributed by atoms with van der Waals surface area (Å²) in [5.74, 6) is 1.03. The summed E-state index contributed by atoms with van der Waals surface area (Å²) in [7, 11) is 2.18. The van der Waals surface area contributed by atoms with E-state index in [-0.39, 0.29) is 11.4 Å². The molecule has 0 N–H and O–H groups in total. The number of carbonyl (C=O) groups excluding carboxylic acids is 1. The lowest BCUT2D eigenvalue weighted by Gasteiger charge is -2.41. The predicted molar refractivity (Wildman–Crippen MR) is 93.9 cm³/mol. The van der Waals surface area contributed by atoms with Crippen LogP contribution in [0.5, 0.6) is 0 Å². The summed E-state index contributed by atoms with van der Waals surface area (Å²) in [6.07, 6.45) is 7.68. The lowest BCUT2D eigenvalue weighted by Crippen LogP contribution is -2.49. The van der Waals surface area contributed by atoms with E-state index in [2.05, 4.69) is 28.9 Å². The fourth-order valence-corrected chi connectivity index (χ4v) is 4.62. The van der Waals surface area contributed by atoms with Crippen LogP contribution >= 0.6 is 0 Å². The van der Waals surface area contributed by atoms with Crippen molar-refractivity contribution in [1.82, 2.24) is 15.0 Å². The Balaban J connectivity index is 1.81. The molecule has 0 bridgehead atoms. The van der Waals surface area contributed by atoms with Crippen LogP contribution in [0.1, 0.15) is 62.5 Å². The van der Waals surface area contributed by atoms with Crippen molar-refractivity contribution >= 4 is 5.91 Å². The van der Waals surface area contributed by atoms with Crippen LogP contribution in [0.2, 0.25) is 0 Å². The van der Waals surface area contributed by atoms with Crippen molar-refractivity contribution in [2.24, 2.45) is 0 Å². The van der Waals surface area contributed by atoms with Gasteiger partial charge in [-0.15, -0.1) is 0 Å². The molecule has 1 saturated heterocycles. The SMILES string of the molecule is CCN(C)C1CN(C(=O)Cc2c(C)noc2C)C2(CCCCC2)C1. The average molecular weight is 333 g/mol. The monoisotopic (exact) mass is 333 g/mol. The van der Waals surface area contributed by atoms with E-state index in [9.17, 15) is 4.79 Å². The maximum atomic E-state index is 13.2. The van der Waals surface area contributed by atoms with Gasteiger partial charge in [0.15, 0.2) is 0 Å². The van der Waals surface area contributed by atoms with Gasteiger partial charge >= 0.3 is 0 Å². The Bertz CT molecular complexity index is 570. The fraction of sp³-hybridized carbons (Fsp3) is 0.789. The first-order valence-electron chi connectivity index (χ1n) is 9.39. The van der Waals surface area contributed by atoms with Gasteiger partial charge in [-0.3, -0.25) is 4.79 Å². The normalized spacial score (nSPS) is 23.4. The van der Waals surface area contributed by atoms with Gasteiger partial charge in [-0.2, -0.15) is 0 Å². The lowest BCUT2D eigenvalue weighted by atomic mass is 9.79. The Morgan fingerprint density at radius 3 is 2.62 bits per heavy atom. The second kappa shape index (κ2) is 6.87. The number of likely N-dealkylation sites (N-methyl/N-ethyl adjacent to an activating group) is 1. The molecule has 3 rings (SSSR count). The Kier molecular flexibility index (Phi) is 5.00. The molecule has 1 aromatic heterocycles. The Labute approximate surface area is 145 Å². The molecule has 1 unspecified atom stereocenters. The van der Waals surface area contributed by atoms with E-state index in [1.165, 1.54) is 19.3 Å². The van der Waals surface area contributed by atoms with Gasteiger partial charge in [-0.1, -0.05) is 31.3 Å². The van der Waals surface area contributed by atoms with Crippen molar-refractivity contribution < 1.29 is 9.32 Å². The minimum atomic E-state index is 0.0857. The zero-order chi connectivity index (χ0) is 17.3. The van der Waals surface area contributed by atoms with E-state index >= 15 is 0 Å². The molecule has 5 nitrogen and oxygen atoms in total. The molecule has 2 aliphatic rings.